The summed E-state index contributed by atoms with van der Waals surface area (Å²) in [5.74, 6) is 0. The Balaban J connectivity index is 0.000000194. The van der Waals surface area contributed by atoms with E-state index in [0.717, 1.165) is 0 Å². The second kappa shape index (κ2) is 27.6. The molecule has 0 fully saturated rings. The van der Waals surface area contributed by atoms with Crippen molar-refractivity contribution >= 4 is 78.3 Å². The molecule has 0 saturated heterocycles. The predicted octanol–water partition coefficient (Wildman–Crippen LogP) is 7.15. The Bertz CT molecular complexity index is 1890. The third-order valence-corrected chi connectivity index (χ3v) is 16.5. The topological polar surface area (TPSA) is 17.1 Å². The van der Waals surface area contributed by atoms with Crippen LogP contribution in [0.15, 0.2) is 273 Å². The van der Waals surface area contributed by atoms with Gasteiger partial charge in [0.1, 0.15) is 6.79 Å². The molecule has 0 aliphatic rings. The van der Waals surface area contributed by atoms with E-state index in [1.54, 1.807) is 0 Å². The Morgan fingerprint density at radius 1 is 0.197 bits per heavy atom. The molecule has 9 aromatic carbocycles. The molecule has 0 atom stereocenters. The van der Waals surface area contributed by atoms with Crippen molar-refractivity contribution in [1.82, 2.24) is 0 Å². The van der Waals surface area contributed by atoms with Crippen molar-refractivity contribution in [2.75, 3.05) is 0 Å². The van der Waals surface area contributed by atoms with E-state index >= 15 is 0 Å². The molecule has 0 unspecified atom stereocenters. The second-order valence-electron chi connectivity index (χ2n) is 13.0. The zero-order chi connectivity index (χ0) is 40.7. The van der Waals surface area contributed by atoms with Gasteiger partial charge in [0.2, 0.25) is 0 Å². The van der Waals surface area contributed by atoms with Gasteiger partial charge >= 0.3 is 0 Å². The summed E-state index contributed by atoms with van der Waals surface area (Å²) >= 11 is 0. The Kier molecular flexibility index (Phi) is 22.0. The van der Waals surface area contributed by atoms with E-state index < -0.39 is 23.8 Å². The molecule has 6 heteroatoms. The zero-order valence-corrected chi connectivity index (χ0v) is 38.7. The van der Waals surface area contributed by atoms with Gasteiger partial charge in [0.05, 0.1) is 0 Å². The van der Waals surface area contributed by atoms with Crippen molar-refractivity contribution in [2.45, 2.75) is 0 Å². The molecule has 0 aliphatic heterocycles. The Morgan fingerprint density at radius 3 is 0.361 bits per heavy atom. The fourth-order valence-corrected chi connectivity index (χ4v) is 13.5. The third kappa shape index (κ3) is 14.5. The minimum Gasteiger partial charge on any atom is -1.00 e. The molecule has 9 rings (SSSR count). The van der Waals surface area contributed by atoms with Gasteiger partial charge in [-0.05, 0) is 71.5 Å². The first kappa shape index (κ1) is 48.5. The fourth-order valence-electron chi connectivity index (χ4n) is 6.54. The van der Waals surface area contributed by atoms with Crippen LogP contribution in [-0.2, 0) is 24.3 Å². The van der Waals surface area contributed by atoms with Crippen molar-refractivity contribution in [1.29, 1.82) is 0 Å². The van der Waals surface area contributed by atoms with E-state index in [1.807, 2.05) is 6.79 Å². The second-order valence-corrected chi connectivity index (χ2v) is 19.7. The summed E-state index contributed by atoms with van der Waals surface area (Å²) in [6.07, 6.45) is 0. The van der Waals surface area contributed by atoms with Gasteiger partial charge in [0.25, 0.3) is 0 Å². The number of carbonyl (C=O) groups is 1. The quantitative estimate of drug-likeness (QED) is 0.111. The van der Waals surface area contributed by atoms with E-state index in [1.165, 1.54) is 47.7 Å². The van der Waals surface area contributed by atoms with Gasteiger partial charge in [-0.2, -0.15) is 0 Å². The van der Waals surface area contributed by atoms with Crippen molar-refractivity contribution in [2.24, 2.45) is 0 Å². The van der Waals surface area contributed by atoms with Crippen LogP contribution in [0, 0.1) is 0 Å². The predicted molar refractivity (Wildman–Crippen MR) is 263 cm³/mol. The van der Waals surface area contributed by atoms with E-state index in [4.69, 9.17) is 4.79 Å². The van der Waals surface area contributed by atoms with Crippen molar-refractivity contribution in [3.8, 4) is 0 Å². The molecule has 0 amide bonds. The molecule has 0 aromatic heterocycles. The van der Waals surface area contributed by atoms with Crippen LogP contribution < -0.4 is 60.1 Å². The summed E-state index contributed by atoms with van der Waals surface area (Å²) in [5, 5.41) is 12.6. The third-order valence-electron chi connectivity index (χ3n) is 9.13. The molecule has 1 radical (unpaired) electrons. The summed E-state index contributed by atoms with van der Waals surface area (Å²) in [4.78, 5) is 8.00. The maximum absolute atomic E-state index is 8.00. The molecule has 0 N–H and O–H groups in total. The molecule has 61 heavy (non-hydrogen) atoms. The number of hydrogen-bond acceptors (Lipinski definition) is 1. The molecule has 305 valence electrons. The smallest absolute Gasteiger partial charge is 0.106 e. The summed E-state index contributed by atoms with van der Waals surface area (Å²) in [5.41, 5.74) is 0. The minimum atomic E-state index is -0.446. The molecular formula is C55H47ClOP3Rh-. The molecule has 1 nitrogen and oxygen atoms in total. The molecule has 9 aromatic rings. The monoisotopic (exact) mass is 954 g/mol. The number of carbonyl (C=O) groups excluding carboxylic acids is 1. The first-order valence-corrected chi connectivity index (χ1v) is 23.5. The molecular weight excluding hydrogens is 908 g/mol. The summed E-state index contributed by atoms with van der Waals surface area (Å²) in [7, 11) is -1.34. The van der Waals surface area contributed by atoms with E-state index in [0.29, 0.717) is 0 Å². The standard InChI is InChI=1S/3C18H15P.CH2O.ClH.Rh/c3*1-4-10-16(11-5-1)19(17-12-6-2-7-13-17)18-14-8-3-9-15-18;1-2;;/h3*1-15H;1H2;1H;/p-1. The Labute approximate surface area is 385 Å². The van der Waals surface area contributed by atoms with Crippen LogP contribution in [0.25, 0.3) is 0 Å². The molecule has 0 aliphatic carbocycles. The normalized spacial score (nSPS) is 9.95. The van der Waals surface area contributed by atoms with E-state index in [-0.39, 0.29) is 31.9 Å². The zero-order valence-electron chi connectivity index (χ0n) is 33.6. The first-order chi connectivity index (χ1) is 29.3. The molecule has 0 bridgehead atoms. The average molecular weight is 955 g/mol. The summed E-state index contributed by atoms with van der Waals surface area (Å²) in [6, 6.07) is 97.0. The van der Waals surface area contributed by atoms with E-state index in [2.05, 4.69) is 273 Å². The van der Waals surface area contributed by atoms with Crippen molar-refractivity contribution in [3.63, 3.8) is 0 Å². The van der Waals surface area contributed by atoms with Gasteiger partial charge in [-0.15, -0.1) is 0 Å². The number of halogens is 1. The Morgan fingerprint density at radius 2 is 0.279 bits per heavy atom. The molecule has 0 saturated carbocycles. The van der Waals surface area contributed by atoms with Crippen molar-refractivity contribution < 1.29 is 36.7 Å². The number of rotatable bonds is 9. The van der Waals surface area contributed by atoms with Crippen LogP contribution in [0.4, 0.5) is 0 Å². The van der Waals surface area contributed by atoms with Crippen LogP contribution in [0.2, 0.25) is 0 Å². The number of hydrogen-bond donors (Lipinski definition) is 0. The van der Waals surface area contributed by atoms with E-state index in [9.17, 15) is 0 Å². The summed E-state index contributed by atoms with van der Waals surface area (Å²) < 4.78 is 0. The Hall–Kier alpha value is -5.15. The van der Waals surface area contributed by atoms with Gasteiger partial charge in [0, 0.05) is 19.5 Å². The first-order valence-electron chi connectivity index (χ1n) is 19.5. The fraction of sp³-hybridized carbons (Fsp3) is 0. The maximum Gasteiger partial charge on any atom is 0.106 e. The average Bonchev–Trinajstić information content (AvgIpc) is 3.34. The van der Waals surface area contributed by atoms with Gasteiger partial charge in [-0.3, -0.25) is 0 Å². The van der Waals surface area contributed by atoms with Crippen molar-refractivity contribution in [3.05, 3.63) is 273 Å². The van der Waals surface area contributed by atoms with Gasteiger partial charge in [-0.1, -0.05) is 273 Å². The number of benzene rings is 9. The van der Waals surface area contributed by atoms with Crippen LogP contribution in [-0.4, -0.2) is 6.79 Å². The maximum atomic E-state index is 8.00. The largest absolute Gasteiger partial charge is 1.00 e. The van der Waals surface area contributed by atoms with Crippen LogP contribution in [0.1, 0.15) is 0 Å². The molecule has 0 spiro atoms. The van der Waals surface area contributed by atoms with Gasteiger partial charge in [-0.25, -0.2) is 0 Å². The van der Waals surface area contributed by atoms with Gasteiger partial charge < -0.3 is 17.2 Å². The molecule has 0 heterocycles. The minimum absolute atomic E-state index is 0. The SMILES string of the molecule is C=O.[Cl-].[Rh].c1ccc(P(c2ccccc2)c2ccccc2)cc1.c1ccc(P(c2ccccc2)c2ccccc2)cc1.c1ccc(P(c2ccccc2)c2ccccc2)cc1. The van der Waals surface area contributed by atoms with Crippen LogP contribution >= 0.6 is 23.8 Å². The van der Waals surface area contributed by atoms with Gasteiger partial charge in [0.15, 0.2) is 0 Å². The summed E-state index contributed by atoms with van der Waals surface area (Å²) in [6.45, 7) is 2.00. The van der Waals surface area contributed by atoms with Crippen LogP contribution in [0.5, 0.6) is 0 Å². The van der Waals surface area contributed by atoms with Crippen LogP contribution in [0.3, 0.4) is 0 Å².